The van der Waals surface area contributed by atoms with Crippen LogP contribution in [0.4, 0.5) is 5.69 Å². The van der Waals surface area contributed by atoms with Crippen LogP contribution in [0.2, 0.25) is 0 Å². The zero-order valence-electron chi connectivity index (χ0n) is 10.9. The summed E-state index contributed by atoms with van der Waals surface area (Å²) in [5.74, 6) is 0.489. The maximum Gasteiger partial charge on any atom is 0.306 e. The smallest absolute Gasteiger partial charge is 0.306 e. The molecular weight excluding hydrogens is 236 g/mol. The molecule has 18 heavy (non-hydrogen) atoms. The van der Waals surface area contributed by atoms with Gasteiger partial charge in [-0.1, -0.05) is 13.8 Å². The van der Waals surface area contributed by atoms with E-state index < -0.39 is 11.0 Å². The van der Waals surface area contributed by atoms with Crippen molar-refractivity contribution in [3.8, 4) is 0 Å². The number of aromatic nitrogens is 2. The number of rotatable bonds is 7. The molecule has 2 atom stereocenters. The molecule has 0 spiro atoms. The Morgan fingerprint density at radius 1 is 1.56 bits per heavy atom. The molecule has 0 saturated carbocycles. The van der Waals surface area contributed by atoms with Crippen LogP contribution in [0.5, 0.6) is 0 Å². The van der Waals surface area contributed by atoms with Gasteiger partial charge in [0.25, 0.3) is 0 Å². The van der Waals surface area contributed by atoms with E-state index in [4.69, 9.17) is 0 Å². The number of hydrogen-bond acceptors (Lipinski definition) is 5. The van der Waals surface area contributed by atoms with Crippen molar-refractivity contribution in [2.24, 2.45) is 5.92 Å². The fraction of sp³-hybridized carbons (Fsp3) is 0.727. The lowest BCUT2D eigenvalue weighted by atomic mass is 10.1. The van der Waals surface area contributed by atoms with E-state index in [0.717, 1.165) is 0 Å². The summed E-state index contributed by atoms with van der Waals surface area (Å²) in [6.07, 6.45) is 1.87. The molecule has 0 aliphatic rings. The van der Waals surface area contributed by atoms with Crippen molar-refractivity contribution in [3.63, 3.8) is 0 Å². The Hall–Kier alpha value is -1.47. The third-order valence-corrected chi connectivity index (χ3v) is 2.90. The molecule has 0 saturated heterocycles. The Labute approximate surface area is 106 Å². The quantitative estimate of drug-likeness (QED) is 0.555. The highest BCUT2D eigenvalue weighted by molar-refractivity contribution is 5.20. The van der Waals surface area contributed by atoms with Gasteiger partial charge >= 0.3 is 5.69 Å². The first kappa shape index (κ1) is 14.6. The second-order valence-corrected chi connectivity index (χ2v) is 4.77. The molecule has 0 fully saturated rings. The van der Waals surface area contributed by atoms with E-state index in [2.05, 4.69) is 31.2 Å². The summed E-state index contributed by atoms with van der Waals surface area (Å²) in [6.45, 7) is 6.93. The lowest BCUT2D eigenvalue weighted by Gasteiger charge is -2.19. The van der Waals surface area contributed by atoms with Gasteiger partial charge in [-0.15, -0.1) is 0 Å². The minimum Gasteiger partial charge on any atom is -0.390 e. The predicted octanol–water partition coefficient (Wildman–Crippen LogP) is 0.786. The van der Waals surface area contributed by atoms with Crippen molar-refractivity contribution in [3.05, 3.63) is 22.5 Å². The SMILES string of the molecule is CC(C)C(C)NCC(O)Cn1cc([N+](=O)[O-])cn1. The van der Waals surface area contributed by atoms with Gasteiger partial charge in [0.1, 0.15) is 12.4 Å². The summed E-state index contributed by atoms with van der Waals surface area (Å²) in [6, 6.07) is 0.312. The number of nitrogens with one attached hydrogen (secondary N) is 1. The van der Waals surface area contributed by atoms with Crippen LogP contribution < -0.4 is 5.32 Å². The van der Waals surface area contributed by atoms with E-state index in [1.807, 2.05) is 0 Å². The molecule has 1 rings (SSSR count). The fourth-order valence-electron chi connectivity index (χ4n) is 1.38. The molecule has 7 heteroatoms. The largest absolute Gasteiger partial charge is 0.390 e. The third kappa shape index (κ3) is 4.42. The molecular formula is C11H20N4O3. The predicted molar refractivity (Wildman–Crippen MR) is 67.2 cm³/mol. The average molecular weight is 256 g/mol. The molecule has 2 unspecified atom stereocenters. The van der Waals surface area contributed by atoms with Crippen molar-refractivity contribution >= 4 is 5.69 Å². The number of nitro groups is 1. The van der Waals surface area contributed by atoms with Crippen molar-refractivity contribution in [2.45, 2.75) is 39.5 Å². The van der Waals surface area contributed by atoms with E-state index in [1.165, 1.54) is 17.1 Å². The van der Waals surface area contributed by atoms with E-state index >= 15 is 0 Å². The van der Waals surface area contributed by atoms with Crippen LogP contribution >= 0.6 is 0 Å². The number of aliphatic hydroxyl groups is 1. The highest BCUT2D eigenvalue weighted by Gasteiger charge is 2.13. The first-order valence-electron chi connectivity index (χ1n) is 5.98. The highest BCUT2D eigenvalue weighted by Crippen LogP contribution is 2.08. The molecule has 1 heterocycles. The summed E-state index contributed by atoms with van der Waals surface area (Å²) >= 11 is 0. The van der Waals surface area contributed by atoms with E-state index in [9.17, 15) is 15.2 Å². The summed E-state index contributed by atoms with van der Waals surface area (Å²) < 4.78 is 1.38. The average Bonchev–Trinajstić information content (AvgIpc) is 2.74. The molecule has 2 N–H and O–H groups in total. The van der Waals surface area contributed by atoms with Gasteiger partial charge in [0, 0.05) is 12.6 Å². The summed E-state index contributed by atoms with van der Waals surface area (Å²) in [4.78, 5) is 9.96. The monoisotopic (exact) mass is 256 g/mol. The molecule has 0 amide bonds. The zero-order valence-corrected chi connectivity index (χ0v) is 10.9. The van der Waals surface area contributed by atoms with Gasteiger partial charge in [-0.2, -0.15) is 5.10 Å². The number of hydrogen-bond donors (Lipinski definition) is 2. The molecule has 1 aromatic heterocycles. The Morgan fingerprint density at radius 3 is 2.72 bits per heavy atom. The Morgan fingerprint density at radius 2 is 2.22 bits per heavy atom. The third-order valence-electron chi connectivity index (χ3n) is 2.90. The minimum absolute atomic E-state index is 0.0642. The van der Waals surface area contributed by atoms with Crippen LogP contribution in [0.3, 0.4) is 0 Å². The molecule has 0 radical (unpaired) electrons. The molecule has 1 aromatic rings. The van der Waals surface area contributed by atoms with Crippen molar-refractivity contribution < 1.29 is 10.0 Å². The van der Waals surface area contributed by atoms with Crippen LogP contribution in [-0.4, -0.2) is 38.5 Å². The maximum atomic E-state index is 10.5. The molecule has 0 aliphatic carbocycles. The van der Waals surface area contributed by atoms with E-state index in [1.54, 1.807) is 0 Å². The van der Waals surface area contributed by atoms with E-state index in [0.29, 0.717) is 18.5 Å². The first-order valence-corrected chi connectivity index (χ1v) is 5.98. The van der Waals surface area contributed by atoms with Crippen molar-refractivity contribution in [1.82, 2.24) is 15.1 Å². The standard InChI is InChI=1S/C11H20N4O3/c1-8(2)9(3)12-5-11(16)7-14-6-10(4-13-14)15(17)18/h4,6,8-9,11-12,16H,5,7H2,1-3H3. The Bertz CT molecular complexity index is 391. The zero-order chi connectivity index (χ0) is 13.7. The van der Waals surface area contributed by atoms with Gasteiger partial charge in [-0.05, 0) is 12.8 Å². The van der Waals surface area contributed by atoms with Crippen molar-refractivity contribution in [1.29, 1.82) is 0 Å². The van der Waals surface area contributed by atoms with Crippen LogP contribution in [0.1, 0.15) is 20.8 Å². The van der Waals surface area contributed by atoms with Crippen LogP contribution in [0, 0.1) is 16.0 Å². The van der Waals surface area contributed by atoms with Gasteiger partial charge < -0.3 is 10.4 Å². The normalized spacial score (nSPS) is 14.7. The first-order chi connectivity index (χ1) is 8.40. The van der Waals surface area contributed by atoms with Gasteiger partial charge in [0.15, 0.2) is 0 Å². The lowest BCUT2D eigenvalue weighted by Crippen LogP contribution is -2.38. The van der Waals surface area contributed by atoms with Gasteiger partial charge in [-0.25, -0.2) is 0 Å². The molecule has 0 bridgehead atoms. The molecule has 0 aromatic carbocycles. The summed E-state index contributed by atoms with van der Waals surface area (Å²) in [5.41, 5.74) is -0.0642. The second kappa shape index (κ2) is 6.46. The molecule has 102 valence electrons. The molecule has 7 nitrogen and oxygen atoms in total. The number of nitrogens with zero attached hydrogens (tertiary/aromatic N) is 3. The topological polar surface area (TPSA) is 93.2 Å². The lowest BCUT2D eigenvalue weighted by molar-refractivity contribution is -0.385. The van der Waals surface area contributed by atoms with Crippen LogP contribution in [0.15, 0.2) is 12.4 Å². The van der Waals surface area contributed by atoms with Crippen LogP contribution in [-0.2, 0) is 6.54 Å². The number of aliphatic hydroxyl groups excluding tert-OH is 1. The summed E-state index contributed by atoms with van der Waals surface area (Å²) in [7, 11) is 0. The maximum absolute atomic E-state index is 10.5. The Balaban J connectivity index is 2.39. The van der Waals surface area contributed by atoms with Gasteiger partial charge in [0.2, 0.25) is 0 Å². The summed E-state index contributed by atoms with van der Waals surface area (Å²) in [5, 5.41) is 27.3. The van der Waals surface area contributed by atoms with E-state index in [-0.39, 0.29) is 12.2 Å². The van der Waals surface area contributed by atoms with Gasteiger partial charge in [0.05, 0.1) is 17.6 Å². The van der Waals surface area contributed by atoms with Crippen LogP contribution in [0.25, 0.3) is 0 Å². The van der Waals surface area contributed by atoms with Crippen molar-refractivity contribution in [2.75, 3.05) is 6.54 Å². The minimum atomic E-state index is -0.620. The Kier molecular flexibility index (Phi) is 5.24. The fourth-order valence-corrected chi connectivity index (χ4v) is 1.38. The van der Waals surface area contributed by atoms with Gasteiger partial charge in [-0.3, -0.25) is 14.8 Å². The molecule has 0 aliphatic heterocycles. The second-order valence-electron chi connectivity index (χ2n) is 4.77. The highest BCUT2D eigenvalue weighted by atomic mass is 16.6.